The summed E-state index contributed by atoms with van der Waals surface area (Å²) in [7, 11) is 0. The van der Waals surface area contributed by atoms with Gasteiger partial charge in [-0.3, -0.25) is 18.9 Å². The zero-order valence-corrected chi connectivity index (χ0v) is 20.2. The van der Waals surface area contributed by atoms with Crippen molar-refractivity contribution in [3.05, 3.63) is 45.2 Å². The van der Waals surface area contributed by atoms with Crippen molar-refractivity contribution in [2.24, 2.45) is 0 Å². The van der Waals surface area contributed by atoms with Gasteiger partial charge in [0.2, 0.25) is 0 Å². The minimum Gasteiger partial charge on any atom is -0.376 e. The van der Waals surface area contributed by atoms with E-state index in [4.69, 9.17) is 26.7 Å². The summed E-state index contributed by atoms with van der Waals surface area (Å²) in [5.74, 6) is 0.380. The SMILES string of the molecule is C[C@@H]1CN(c2nc3ccccn3c(=O)c2/C=C2\SC(=S)N(C[C@H]3CCCO3)C2=O)C[C@@H](C)O1. The Hall–Kier alpha value is -2.27. The number of thiocarbonyl (C=S) groups is 1. The summed E-state index contributed by atoms with van der Waals surface area (Å²) in [6.07, 6.45) is 5.28. The van der Waals surface area contributed by atoms with Crippen LogP contribution in [0.25, 0.3) is 11.7 Å². The van der Waals surface area contributed by atoms with Gasteiger partial charge in [0.15, 0.2) is 0 Å². The van der Waals surface area contributed by atoms with Crippen LogP contribution >= 0.6 is 24.0 Å². The first-order valence-electron chi connectivity index (χ1n) is 11.2. The number of carbonyl (C=O) groups excluding carboxylic acids is 1. The number of amides is 1. The number of hydrogen-bond acceptors (Lipinski definition) is 8. The normalized spacial score (nSPS) is 27.3. The van der Waals surface area contributed by atoms with Gasteiger partial charge in [-0.2, -0.15) is 0 Å². The van der Waals surface area contributed by atoms with Crippen LogP contribution < -0.4 is 10.5 Å². The van der Waals surface area contributed by atoms with Crippen molar-refractivity contribution in [3.63, 3.8) is 0 Å². The first-order valence-corrected chi connectivity index (χ1v) is 12.4. The maximum Gasteiger partial charge on any atom is 0.267 e. The van der Waals surface area contributed by atoms with Gasteiger partial charge < -0.3 is 14.4 Å². The number of aromatic nitrogens is 2. The monoisotopic (exact) mass is 486 g/mol. The van der Waals surface area contributed by atoms with E-state index in [1.165, 1.54) is 16.2 Å². The molecule has 0 radical (unpaired) electrons. The van der Waals surface area contributed by atoms with Gasteiger partial charge in [-0.15, -0.1) is 0 Å². The summed E-state index contributed by atoms with van der Waals surface area (Å²) in [6.45, 7) is 6.40. The largest absolute Gasteiger partial charge is 0.376 e. The second-order valence-corrected chi connectivity index (χ2v) is 10.3. The third-order valence-electron chi connectivity index (χ3n) is 6.03. The van der Waals surface area contributed by atoms with Gasteiger partial charge in [-0.05, 0) is 44.9 Å². The van der Waals surface area contributed by atoms with Gasteiger partial charge in [0, 0.05) is 25.9 Å². The second kappa shape index (κ2) is 9.17. The lowest BCUT2D eigenvalue weighted by molar-refractivity contribution is -0.123. The van der Waals surface area contributed by atoms with Crippen molar-refractivity contribution in [2.45, 2.75) is 45.0 Å². The quantitative estimate of drug-likeness (QED) is 0.482. The van der Waals surface area contributed by atoms with Crippen molar-refractivity contribution in [3.8, 4) is 0 Å². The van der Waals surface area contributed by atoms with Crippen molar-refractivity contribution in [1.82, 2.24) is 14.3 Å². The number of fused-ring (bicyclic) bond motifs is 1. The summed E-state index contributed by atoms with van der Waals surface area (Å²) in [5, 5.41) is 0. The highest BCUT2D eigenvalue weighted by atomic mass is 32.2. The lowest BCUT2D eigenvalue weighted by Gasteiger charge is -2.36. The molecule has 2 aromatic heterocycles. The number of nitrogens with zero attached hydrogens (tertiary/aromatic N) is 4. The van der Waals surface area contributed by atoms with E-state index >= 15 is 0 Å². The minimum absolute atomic E-state index is 0.00208. The number of morpholine rings is 1. The average molecular weight is 487 g/mol. The molecule has 33 heavy (non-hydrogen) atoms. The molecule has 0 aromatic carbocycles. The Morgan fingerprint density at radius 1 is 1.24 bits per heavy atom. The summed E-state index contributed by atoms with van der Waals surface area (Å²) in [4.78, 5) is 35.6. The topological polar surface area (TPSA) is 76.4 Å². The third-order valence-corrected chi connectivity index (χ3v) is 7.41. The fourth-order valence-electron chi connectivity index (χ4n) is 4.59. The van der Waals surface area contributed by atoms with Crippen molar-refractivity contribution in [2.75, 3.05) is 31.1 Å². The average Bonchev–Trinajstić information content (AvgIpc) is 3.39. The van der Waals surface area contributed by atoms with Gasteiger partial charge in [-0.25, -0.2) is 4.98 Å². The highest BCUT2D eigenvalue weighted by Crippen LogP contribution is 2.34. The van der Waals surface area contributed by atoms with Gasteiger partial charge >= 0.3 is 0 Å². The Bertz CT molecular complexity index is 1180. The molecular weight excluding hydrogens is 460 g/mol. The highest BCUT2D eigenvalue weighted by Gasteiger charge is 2.35. The Morgan fingerprint density at radius 3 is 2.76 bits per heavy atom. The molecule has 5 rings (SSSR count). The molecule has 0 bridgehead atoms. The molecule has 0 N–H and O–H groups in total. The van der Waals surface area contributed by atoms with E-state index in [0.717, 1.165) is 12.8 Å². The molecule has 2 aromatic rings. The van der Waals surface area contributed by atoms with Crippen molar-refractivity contribution >= 4 is 51.7 Å². The van der Waals surface area contributed by atoms with Crippen LogP contribution in [0.2, 0.25) is 0 Å². The predicted molar refractivity (Wildman–Crippen MR) is 133 cm³/mol. The lowest BCUT2D eigenvalue weighted by Crippen LogP contribution is -2.46. The number of rotatable bonds is 4. The smallest absolute Gasteiger partial charge is 0.267 e. The number of pyridine rings is 1. The fourth-order valence-corrected chi connectivity index (χ4v) is 5.85. The van der Waals surface area contributed by atoms with Crippen molar-refractivity contribution in [1.29, 1.82) is 0 Å². The van der Waals surface area contributed by atoms with Crippen LogP contribution in [0.4, 0.5) is 5.82 Å². The molecule has 174 valence electrons. The minimum atomic E-state index is -0.216. The molecule has 0 saturated carbocycles. The van der Waals surface area contributed by atoms with Crippen LogP contribution in [0.3, 0.4) is 0 Å². The fraction of sp³-hybridized carbons (Fsp3) is 0.478. The van der Waals surface area contributed by atoms with Gasteiger partial charge in [-0.1, -0.05) is 30.0 Å². The zero-order valence-electron chi connectivity index (χ0n) is 18.6. The molecule has 5 heterocycles. The molecule has 3 fully saturated rings. The molecule has 3 saturated heterocycles. The summed E-state index contributed by atoms with van der Waals surface area (Å²) in [5.41, 5.74) is 0.733. The highest BCUT2D eigenvalue weighted by molar-refractivity contribution is 8.26. The standard InChI is InChI=1S/C23H26N4O4S2/c1-14-11-25(12-15(2)31-14)20-17(21(28)26-8-4-3-7-19(26)24-20)10-18-22(29)27(23(32)33-18)13-16-6-5-9-30-16/h3-4,7-8,10,14-16H,5-6,9,11-13H2,1-2H3/b18-10-/t14-,15-,16-/m1/s1. The van der Waals surface area contributed by atoms with E-state index in [1.54, 1.807) is 23.2 Å². The van der Waals surface area contributed by atoms with Crippen molar-refractivity contribution < 1.29 is 14.3 Å². The van der Waals surface area contributed by atoms with Crippen LogP contribution in [0.15, 0.2) is 34.1 Å². The molecule has 0 spiro atoms. The second-order valence-electron chi connectivity index (χ2n) is 8.67. The molecule has 8 nitrogen and oxygen atoms in total. The van der Waals surface area contributed by atoms with E-state index in [0.29, 0.717) is 52.5 Å². The Morgan fingerprint density at radius 2 is 2.03 bits per heavy atom. The van der Waals surface area contributed by atoms with Gasteiger partial charge in [0.1, 0.15) is 15.8 Å². The van der Waals surface area contributed by atoms with Crippen LogP contribution in [0.1, 0.15) is 32.3 Å². The number of thioether (sulfide) groups is 1. The van der Waals surface area contributed by atoms with Crippen LogP contribution in [-0.4, -0.2) is 69.1 Å². The molecule has 0 unspecified atom stereocenters. The van der Waals surface area contributed by atoms with Crippen LogP contribution in [0, 0.1) is 0 Å². The van der Waals surface area contributed by atoms with Gasteiger partial charge in [0.05, 0.1) is 35.3 Å². The van der Waals surface area contributed by atoms with E-state index in [9.17, 15) is 9.59 Å². The van der Waals surface area contributed by atoms with E-state index in [-0.39, 0.29) is 29.8 Å². The molecule has 3 aliphatic rings. The number of carbonyl (C=O) groups is 1. The Kier molecular flexibility index (Phi) is 6.26. The molecule has 1 amide bonds. The van der Waals surface area contributed by atoms with Gasteiger partial charge in [0.25, 0.3) is 11.5 Å². The maximum atomic E-state index is 13.5. The number of hydrogen-bond donors (Lipinski definition) is 0. The zero-order chi connectivity index (χ0) is 23.1. The molecule has 10 heteroatoms. The third kappa shape index (κ3) is 4.44. The molecule has 0 aliphatic carbocycles. The lowest BCUT2D eigenvalue weighted by atomic mass is 10.1. The first-order chi connectivity index (χ1) is 15.9. The molecule has 3 aliphatic heterocycles. The molecular formula is C23H26N4O4S2. The Balaban J connectivity index is 1.56. The van der Waals surface area contributed by atoms with E-state index in [1.807, 2.05) is 26.0 Å². The number of anilines is 1. The molecule has 3 atom stereocenters. The van der Waals surface area contributed by atoms with E-state index < -0.39 is 0 Å². The number of ether oxygens (including phenoxy) is 2. The maximum absolute atomic E-state index is 13.5. The first kappa shape index (κ1) is 22.5. The van der Waals surface area contributed by atoms with Crippen LogP contribution in [0.5, 0.6) is 0 Å². The predicted octanol–water partition coefficient (Wildman–Crippen LogP) is 2.69. The summed E-state index contributed by atoms with van der Waals surface area (Å²) < 4.78 is 13.6. The summed E-state index contributed by atoms with van der Waals surface area (Å²) >= 11 is 6.71. The van der Waals surface area contributed by atoms with E-state index in [2.05, 4.69) is 4.90 Å². The summed E-state index contributed by atoms with van der Waals surface area (Å²) in [6, 6.07) is 5.45. The Labute approximate surface area is 201 Å². The van der Waals surface area contributed by atoms with Crippen LogP contribution in [-0.2, 0) is 14.3 Å².